The highest BCUT2D eigenvalue weighted by Crippen LogP contribution is 2.11. The average Bonchev–Trinajstić information content (AvgIpc) is 2.15. The molecule has 0 saturated heterocycles. The van der Waals surface area contributed by atoms with Gasteiger partial charge in [-0.3, -0.25) is 4.98 Å². The Morgan fingerprint density at radius 1 is 1.46 bits per heavy atom. The lowest BCUT2D eigenvalue weighted by Gasteiger charge is -2.07. The van der Waals surface area contributed by atoms with Crippen LogP contribution in [0, 0.1) is 6.92 Å². The minimum absolute atomic E-state index is 0.747. The Hall–Kier alpha value is -0.760. The molecule has 0 fully saturated rings. The van der Waals surface area contributed by atoms with Crippen molar-refractivity contribution in [1.82, 2.24) is 4.98 Å². The number of hydrogen-bond donors (Lipinski definition) is 1. The molecule has 0 bridgehead atoms. The molecule has 0 aliphatic rings. The summed E-state index contributed by atoms with van der Waals surface area (Å²) in [6, 6.07) is 2.00. The molecular weight excluding hydrogens is 184 g/mol. The number of alkyl halides is 1. The summed E-state index contributed by atoms with van der Waals surface area (Å²) < 4.78 is 0. The molecule has 2 nitrogen and oxygen atoms in total. The summed E-state index contributed by atoms with van der Waals surface area (Å²) in [5.74, 6) is 0.747. The third-order valence-corrected chi connectivity index (χ3v) is 2.16. The summed E-state index contributed by atoms with van der Waals surface area (Å²) in [6.45, 7) is 3.04. The fraction of sp³-hybridized carbons (Fsp3) is 0.500. The van der Waals surface area contributed by atoms with Gasteiger partial charge in [-0.15, -0.1) is 11.6 Å². The first-order valence-electron chi connectivity index (χ1n) is 4.55. The zero-order chi connectivity index (χ0) is 9.52. The van der Waals surface area contributed by atoms with Gasteiger partial charge in [-0.25, -0.2) is 0 Å². The van der Waals surface area contributed by atoms with Gasteiger partial charge in [0.25, 0.3) is 0 Å². The second kappa shape index (κ2) is 5.81. The van der Waals surface area contributed by atoms with Gasteiger partial charge in [-0.2, -0.15) is 0 Å². The summed E-state index contributed by atoms with van der Waals surface area (Å²) in [7, 11) is 0. The summed E-state index contributed by atoms with van der Waals surface area (Å²) in [4.78, 5) is 4.03. The van der Waals surface area contributed by atoms with E-state index < -0.39 is 0 Å². The van der Waals surface area contributed by atoms with Crippen molar-refractivity contribution in [3.63, 3.8) is 0 Å². The van der Waals surface area contributed by atoms with Gasteiger partial charge in [0, 0.05) is 30.5 Å². The van der Waals surface area contributed by atoms with Crippen LogP contribution in [0.1, 0.15) is 18.4 Å². The lowest BCUT2D eigenvalue weighted by atomic mass is 10.2. The molecule has 3 heteroatoms. The third-order valence-electron chi connectivity index (χ3n) is 1.90. The van der Waals surface area contributed by atoms with Gasteiger partial charge in [0.15, 0.2) is 0 Å². The number of nitrogens with zero attached hydrogens (tertiary/aromatic N) is 1. The second-order valence-corrected chi connectivity index (χ2v) is 3.39. The molecule has 0 amide bonds. The highest BCUT2D eigenvalue weighted by molar-refractivity contribution is 6.17. The molecule has 0 aromatic carbocycles. The minimum Gasteiger partial charge on any atom is -0.385 e. The molecule has 1 aromatic rings. The number of rotatable bonds is 5. The number of anilines is 1. The average molecular weight is 199 g/mol. The molecule has 0 radical (unpaired) electrons. The molecule has 0 unspecified atom stereocenters. The van der Waals surface area contributed by atoms with E-state index in [2.05, 4.69) is 17.2 Å². The van der Waals surface area contributed by atoms with E-state index in [0.29, 0.717) is 0 Å². The van der Waals surface area contributed by atoms with Crippen LogP contribution in [-0.4, -0.2) is 17.4 Å². The zero-order valence-electron chi connectivity index (χ0n) is 7.89. The first kappa shape index (κ1) is 10.3. The van der Waals surface area contributed by atoms with Gasteiger partial charge in [0.2, 0.25) is 0 Å². The van der Waals surface area contributed by atoms with Gasteiger partial charge in [-0.05, 0) is 31.4 Å². The van der Waals surface area contributed by atoms with E-state index in [1.54, 1.807) is 6.20 Å². The molecule has 1 rings (SSSR count). The van der Waals surface area contributed by atoms with Crippen LogP contribution in [0.5, 0.6) is 0 Å². The maximum absolute atomic E-state index is 5.58. The Morgan fingerprint density at radius 3 is 3.00 bits per heavy atom. The van der Waals surface area contributed by atoms with Crippen molar-refractivity contribution in [1.29, 1.82) is 0 Å². The summed E-state index contributed by atoms with van der Waals surface area (Å²) >= 11 is 5.58. The molecule has 1 aromatic heterocycles. The smallest absolute Gasteiger partial charge is 0.0400 e. The molecule has 72 valence electrons. The fourth-order valence-corrected chi connectivity index (χ4v) is 1.30. The van der Waals surface area contributed by atoms with Crippen molar-refractivity contribution in [3.05, 3.63) is 24.0 Å². The van der Waals surface area contributed by atoms with E-state index in [0.717, 1.165) is 25.3 Å². The molecule has 0 aliphatic carbocycles. The highest BCUT2D eigenvalue weighted by Gasteiger charge is 1.94. The Balaban J connectivity index is 2.32. The first-order chi connectivity index (χ1) is 6.34. The van der Waals surface area contributed by atoms with Crippen molar-refractivity contribution in [2.75, 3.05) is 17.7 Å². The van der Waals surface area contributed by atoms with E-state index in [4.69, 9.17) is 11.6 Å². The minimum atomic E-state index is 0.747. The van der Waals surface area contributed by atoms with Crippen molar-refractivity contribution in [3.8, 4) is 0 Å². The fourth-order valence-electron chi connectivity index (χ4n) is 1.11. The molecule has 0 spiro atoms. The maximum atomic E-state index is 5.58. The first-order valence-corrected chi connectivity index (χ1v) is 5.08. The quantitative estimate of drug-likeness (QED) is 0.582. The van der Waals surface area contributed by atoms with Crippen molar-refractivity contribution < 1.29 is 0 Å². The summed E-state index contributed by atoms with van der Waals surface area (Å²) in [6.07, 6.45) is 5.85. The molecule has 0 aliphatic heterocycles. The number of unbranched alkanes of at least 4 members (excludes halogenated alkanes) is 1. The van der Waals surface area contributed by atoms with Crippen LogP contribution in [0.3, 0.4) is 0 Å². The Morgan fingerprint density at radius 2 is 2.31 bits per heavy atom. The van der Waals surface area contributed by atoms with Crippen LogP contribution < -0.4 is 5.32 Å². The lowest BCUT2D eigenvalue weighted by Crippen LogP contribution is -2.03. The van der Waals surface area contributed by atoms with Crippen LogP contribution in [-0.2, 0) is 0 Å². The van der Waals surface area contributed by atoms with Crippen molar-refractivity contribution in [2.24, 2.45) is 0 Å². The number of hydrogen-bond acceptors (Lipinski definition) is 2. The van der Waals surface area contributed by atoms with Gasteiger partial charge in [0.05, 0.1) is 0 Å². The molecule has 0 saturated carbocycles. The number of aryl methyl sites for hydroxylation is 1. The molecule has 13 heavy (non-hydrogen) atoms. The molecule has 0 atom stereocenters. The maximum Gasteiger partial charge on any atom is 0.0400 e. The van der Waals surface area contributed by atoms with E-state index in [-0.39, 0.29) is 0 Å². The van der Waals surface area contributed by atoms with Gasteiger partial charge in [0.1, 0.15) is 0 Å². The monoisotopic (exact) mass is 198 g/mol. The largest absolute Gasteiger partial charge is 0.385 e. The van der Waals surface area contributed by atoms with E-state index >= 15 is 0 Å². The normalized spacial score (nSPS) is 10.0. The van der Waals surface area contributed by atoms with E-state index in [1.165, 1.54) is 11.3 Å². The van der Waals surface area contributed by atoms with Gasteiger partial charge < -0.3 is 5.32 Å². The Labute approximate surface area is 84.3 Å². The third kappa shape index (κ3) is 3.64. The topological polar surface area (TPSA) is 24.9 Å². The zero-order valence-corrected chi connectivity index (χ0v) is 8.64. The highest BCUT2D eigenvalue weighted by atomic mass is 35.5. The molecular formula is C10H15ClN2. The molecule has 1 heterocycles. The van der Waals surface area contributed by atoms with Crippen molar-refractivity contribution >= 4 is 17.3 Å². The standard InChI is InChI=1S/C10H15ClN2/c1-9-8-12-7-4-10(9)13-6-3-2-5-11/h4,7-8H,2-3,5-6H2,1H3,(H,12,13). The lowest BCUT2D eigenvalue weighted by molar-refractivity contribution is 0.838. The van der Waals surface area contributed by atoms with Gasteiger partial charge in [-0.1, -0.05) is 0 Å². The summed E-state index contributed by atoms with van der Waals surface area (Å²) in [5, 5.41) is 3.35. The number of pyridine rings is 1. The van der Waals surface area contributed by atoms with Gasteiger partial charge >= 0.3 is 0 Å². The van der Waals surface area contributed by atoms with Crippen molar-refractivity contribution in [2.45, 2.75) is 19.8 Å². The van der Waals surface area contributed by atoms with E-state index in [9.17, 15) is 0 Å². The van der Waals surface area contributed by atoms with E-state index in [1.807, 2.05) is 12.3 Å². The Kier molecular flexibility index (Phi) is 4.61. The molecule has 1 N–H and O–H groups in total. The second-order valence-electron chi connectivity index (χ2n) is 3.01. The van der Waals surface area contributed by atoms with Crippen LogP contribution in [0.4, 0.5) is 5.69 Å². The number of halogens is 1. The predicted octanol–water partition coefficient (Wildman–Crippen LogP) is 2.82. The number of aromatic nitrogens is 1. The van der Waals surface area contributed by atoms with Crippen LogP contribution >= 0.6 is 11.6 Å². The summed E-state index contributed by atoms with van der Waals surface area (Å²) in [5.41, 5.74) is 2.36. The van der Waals surface area contributed by atoms with Crippen LogP contribution in [0.15, 0.2) is 18.5 Å². The van der Waals surface area contributed by atoms with Crippen LogP contribution in [0.2, 0.25) is 0 Å². The Bertz CT molecular complexity index is 250. The number of nitrogens with one attached hydrogen (secondary N) is 1. The van der Waals surface area contributed by atoms with Crippen LogP contribution in [0.25, 0.3) is 0 Å². The SMILES string of the molecule is Cc1cnccc1NCCCCCl. The predicted molar refractivity (Wildman–Crippen MR) is 57.4 cm³/mol.